The number of quaternary nitrogens is 1. The van der Waals surface area contributed by atoms with Gasteiger partial charge in [-0.15, -0.1) is 17.6 Å². The summed E-state index contributed by atoms with van der Waals surface area (Å²) in [4.78, 5) is 11.1. The van der Waals surface area contributed by atoms with Crippen LogP contribution in [0.2, 0.25) is 0 Å². The maximum atomic E-state index is 14.1. The Balaban J connectivity index is 4.05. The van der Waals surface area contributed by atoms with Crippen molar-refractivity contribution in [2.45, 2.75) is 54.0 Å². The molecule has 0 atom stereocenters. The lowest BCUT2D eigenvalue weighted by Gasteiger charge is -2.48. The lowest BCUT2D eigenvalue weighted by molar-refractivity contribution is -1.15. The van der Waals surface area contributed by atoms with E-state index in [2.05, 4.69) is 0 Å². The molecule has 0 bridgehead atoms. The molecule has 0 aromatic rings. The van der Waals surface area contributed by atoms with Crippen molar-refractivity contribution in [2.24, 2.45) is 0 Å². The van der Waals surface area contributed by atoms with Gasteiger partial charge >= 0.3 is 60.1 Å². The molecule has 1 aliphatic rings. The average molecular weight is 546 g/mol. The topological polar surface area (TPSA) is 26.3 Å². The van der Waals surface area contributed by atoms with Crippen molar-refractivity contribution < 1.29 is 102 Å². The molecule has 1 amide bonds. The van der Waals surface area contributed by atoms with Gasteiger partial charge in [0.15, 0.2) is 0 Å². The molecule has 1 aliphatic heterocycles. The average Bonchev–Trinajstić information content (AvgIpc) is 2.53. The van der Waals surface area contributed by atoms with Gasteiger partial charge in [0.1, 0.15) is 4.71 Å². The fraction of sp³-hybridized carbons (Fsp3) is 0.900. The quantitative estimate of drug-likeness (QED) is 0.218. The summed E-state index contributed by atoms with van der Waals surface area (Å²) in [6.45, 7) is 0. The Morgan fingerprint density at radius 2 is 0.788 bits per heavy atom. The van der Waals surface area contributed by atoms with E-state index >= 15 is 0 Å². The van der Waals surface area contributed by atoms with Crippen molar-refractivity contribution >= 4 is 6.09 Å². The Hall–Kier alpha value is -1.97. The van der Waals surface area contributed by atoms with E-state index in [4.69, 9.17) is 0 Å². The number of alkyl halides is 19. The molecule has 3 nitrogen and oxygen atoms in total. The molecule has 0 saturated carbocycles. The molecular weight excluding hydrogens is 546 g/mol. The van der Waals surface area contributed by atoms with Crippen LogP contribution in [0.15, 0.2) is 0 Å². The van der Waals surface area contributed by atoms with Crippen molar-refractivity contribution in [2.75, 3.05) is 0 Å². The summed E-state index contributed by atoms with van der Waals surface area (Å²) in [6, 6.07) is -16.9. The number of halogens is 20. The maximum absolute atomic E-state index is 14.1. The highest BCUT2D eigenvalue weighted by Gasteiger charge is 3.08. The molecule has 1 saturated heterocycles. The molecule has 1 heterocycles. The van der Waals surface area contributed by atoms with E-state index in [1.807, 2.05) is 0 Å². The fourth-order valence-electron chi connectivity index (χ4n) is 2.22. The molecule has 0 aromatic heterocycles. The van der Waals surface area contributed by atoms with Crippen LogP contribution in [-0.4, -0.2) is 64.8 Å². The lowest BCUT2D eigenvalue weighted by Crippen LogP contribution is -2.88. The summed E-state index contributed by atoms with van der Waals surface area (Å²) >= 11 is 0. The molecule has 1 rings (SSSR count). The van der Waals surface area contributed by atoms with E-state index < -0.39 is 64.8 Å². The van der Waals surface area contributed by atoms with E-state index in [1.54, 1.807) is 0 Å². The van der Waals surface area contributed by atoms with Gasteiger partial charge < -0.3 is 4.74 Å². The van der Waals surface area contributed by atoms with Gasteiger partial charge in [0.2, 0.25) is 0 Å². The van der Waals surface area contributed by atoms with Gasteiger partial charge in [0, 0.05) is 4.48 Å². The second-order valence-corrected chi connectivity index (χ2v) is 5.94. The maximum Gasteiger partial charge on any atom is 0.568 e. The minimum absolute atomic E-state index is 1.41. The number of rotatable bonds is 1. The molecule has 0 radical (unpaired) electrons. The first-order chi connectivity index (χ1) is 13.9. The number of hydrogen-bond donors (Lipinski definition) is 0. The van der Waals surface area contributed by atoms with Gasteiger partial charge in [-0.2, -0.15) is 70.7 Å². The monoisotopic (exact) mass is 546 g/mol. The van der Waals surface area contributed by atoms with Gasteiger partial charge in [-0.3, -0.25) is 0 Å². The minimum atomic E-state index is -8.45. The molecule has 1 fully saturated rings. The zero-order chi connectivity index (χ0) is 27.3. The first kappa shape index (κ1) is 29.1. The molecule has 0 aliphatic carbocycles. The molecule has 0 aromatic carbocycles. The van der Waals surface area contributed by atoms with E-state index in [1.165, 1.54) is 4.74 Å². The lowest BCUT2D eigenvalue weighted by atomic mass is 9.93. The van der Waals surface area contributed by atoms with Crippen LogP contribution in [0.1, 0.15) is 0 Å². The Bertz CT molecular complexity index is 735. The molecule has 33 heavy (non-hydrogen) atoms. The van der Waals surface area contributed by atoms with Crippen molar-refractivity contribution in [3.05, 3.63) is 0 Å². The fourth-order valence-corrected chi connectivity index (χ4v) is 2.22. The second-order valence-electron chi connectivity index (χ2n) is 5.94. The number of piperidine rings is 1. The third-order valence-electron chi connectivity index (χ3n) is 4.01. The van der Waals surface area contributed by atoms with Crippen molar-refractivity contribution in [1.82, 2.24) is 0 Å². The molecule has 0 unspecified atom stereocenters. The summed E-state index contributed by atoms with van der Waals surface area (Å²) in [5, 5.41) is 0. The summed E-state index contributed by atoms with van der Waals surface area (Å²) < 4.78 is 254. The predicted molar refractivity (Wildman–Crippen MR) is 53.5 cm³/mol. The third-order valence-corrected chi connectivity index (χ3v) is 4.01. The van der Waals surface area contributed by atoms with Crippen LogP contribution < -0.4 is 0 Å². The Kier molecular flexibility index (Phi) is 5.79. The van der Waals surface area contributed by atoms with Crippen LogP contribution in [0, 0.1) is 0 Å². The normalized spacial score (nSPS) is 25.9. The van der Waals surface area contributed by atoms with Crippen LogP contribution in [0.25, 0.3) is 0 Å². The highest BCUT2D eigenvalue weighted by molar-refractivity contribution is 5.61. The van der Waals surface area contributed by atoms with E-state index in [-0.39, 0.29) is 0 Å². The summed E-state index contributed by atoms with van der Waals surface area (Å²) in [7, 11) is 0. The van der Waals surface area contributed by atoms with Crippen LogP contribution >= 0.6 is 0 Å². The summed E-state index contributed by atoms with van der Waals surface area (Å²) in [6.07, 6.45) is -30.3. The van der Waals surface area contributed by atoms with E-state index in [0.29, 0.717) is 0 Å². The van der Waals surface area contributed by atoms with Gasteiger partial charge in [0.25, 0.3) is 0 Å². The second kappa shape index (κ2) is 6.58. The largest absolute Gasteiger partial charge is 0.568 e. The number of nitrogens with zero attached hydrogens (tertiary/aromatic N) is 1. The van der Waals surface area contributed by atoms with Crippen molar-refractivity contribution in [3.63, 3.8) is 0 Å². The van der Waals surface area contributed by atoms with E-state index in [0.717, 1.165) is 0 Å². The standard InChI is InChI=1S/C10F20NO2/c11-3(12)4(13,14)9(26,27)31(30,10(28,29)5(3,15)16)1(32)33-2(6(17,18)19,7(20,21)22)8(23,24)25/q+1. The zero-order valence-corrected chi connectivity index (χ0v) is 13.8. The number of carbonyl (C=O) groups excluding carboxylic acids is 1. The van der Waals surface area contributed by atoms with Crippen molar-refractivity contribution in [3.8, 4) is 0 Å². The highest BCUT2D eigenvalue weighted by atomic mass is 19.4. The molecule has 0 N–H and O–H groups in total. The summed E-state index contributed by atoms with van der Waals surface area (Å²) in [5.41, 5.74) is -8.27. The zero-order valence-electron chi connectivity index (χ0n) is 13.8. The number of likely N-dealkylation sites (tertiary alicyclic amines) is 1. The number of amides is 1. The molecule has 0 spiro atoms. The first-order valence-electron chi connectivity index (χ1n) is 6.79. The van der Waals surface area contributed by atoms with Crippen LogP contribution in [0.5, 0.6) is 0 Å². The van der Waals surface area contributed by atoms with Crippen LogP contribution in [0.3, 0.4) is 0 Å². The smallest absolute Gasteiger partial charge is 0.381 e. The molecule has 23 heteroatoms. The van der Waals surface area contributed by atoms with Crippen LogP contribution in [0.4, 0.5) is 92.7 Å². The van der Waals surface area contributed by atoms with Gasteiger partial charge in [0.05, 0.1) is 0 Å². The Morgan fingerprint density at radius 1 is 0.545 bits per heavy atom. The van der Waals surface area contributed by atoms with E-state index in [9.17, 15) is 92.7 Å². The highest BCUT2D eigenvalue weighted by Crippen LogP contribution is 2.69. The number of hydrogen-bond acceptors (Lipinski definition) is 2. The van der Waals surface area contributed by atoms with Crippen LogP contribution in [-0.2, 0) is 4.74 Å². The number of carbonyl (C=O) groups is 1. The first-order valence-corrected chi connectivity index (χ1v) is 6.79. The minimum Gasteiger partial charge on any atom is -0.381 e. The van der Waals surface area contributed by atoms with Gasteiger partial charge in [-0.05, 0) is 0 Å². The van der Waals surface area contributed by atoms with Gasteiger partial charge in [-0.1, -0.05) is 0 Å². The third kappa shape index (κ3) is 2.91. The predicted octanol–water partition coefficient (Wildman–Crippen LogP) is 6.36. The molecule has 196 valence electrons. The van der Waals surface area contributed by atoms with Crippen molar-refractivity contribution in [1.29, 1.82) is 0 Å². The summed E-state index contributed by atoms with van der Waals surface area (Å²) in [5.74, 6) is -24.6. The SMILES string of the molecule is O=C(OC(C(F)(F)F)(C(F)(F)F)C(F)(F)F)[N+]1(F)C(F)(F)C(F)(F)C(F)(F)C(F)(F)C1(F)F. The Labute approximate surface area is 164 Å². The Morgan fingerprint density at radius 3 is 1.00 bits per heavy atom. The van der Waals surface area contributed by atoms with Gasteiger partial charge in [-0.25, -0.2) is 0 Å². The molecular formula is C10F20NO2+. The number of ether oxygens (including phenoxy) is 1.